The summed E-state index contributed by atoms with van der Waals surface area (Å²) in [5.41, 5.74) is 0.877. The van der Waals surface area contributed by atoms with Crippen LogP contribution in [0, 0.1) is 17.2 Å². The van der Waals surface area contributed by atoms with Crippen LogP contribution in [0.15, 0.2) is 24.3 Å². The summed E-state index contributed by atoms with van der Waals surface area (Å²) >= 11 is 0. The molecule has 1 aromatic carbocycles. The van der Waals surface area contributed by atoms with Crippen molar-refractivity contribution in [2.75, 3.05) is 27.2 Å². The fourth-order valence-electron chi connectivity index (χ4n) is 4.57. The second kappa shape index (κ2) is 7.40. The Bertz CT molecular complexity index is 690. The van der Waals surface area contributed by atoms with Crippen LogP contribution in [0.4, 0.5) is 0 Å². The zero-order valence-electron chi connectivity index (χ0n) is 16.3. The van der Waals surface area contributed by atoms with Crippen molar-refractivity contribution >= 4 is 5.97 Å². The fraction of sp³-hybridized carbons (Fsp3) is 0.636. The number of carbonyl (C=O) groups is 1. The number of likely N-dealkylation sites (tertiary alicyclic amines) is 1. The maximum Gasteiger partial charge on any atom is 0.316 e. The fourth-order valence-corrected chi connectivity index (χ4v) is 4.57. The van der Waals surface area contributed by atoms with Crippen LogP contribution in [0.1, 0.15) is 56.6 Å². The van der Waals surface area contributed by atoms with Gasteiger partial charge in [-0.1, -0.05) is 25.0 Å². The molecule has 0 aromatic heterocycles. The third kappa shape index (κ3) is 3.78. The number of esters is 1. The Morgan fingerprint density at radius 2 is 1.85 bits per heavy atom. The molecule has 1 aliphatic carbocycles. The summed E-state index contributed by atoms with van der Waals surface area (Å²) < 4.78 is 7.06. The first-order valence-electron chi connectivity index (χ1n) is 9.89. The predicted molar refractivity (Wildman–Crippen MR) is 101 cm³/mol. The molecule has 0 radical (unpaired) electrons. The first kappa shape index (κ1) is 18.9. The highest BCUT2D eigenvalue weighted by atomic mass is 16.5. The minimum absolute atomic E-state index is 0.0218. The molecule has 0 N–H and O–H groups in total. The van der Waals surface area contributed by atoms with Crippen molar-refractivity contribution in [2.45, 2.75) is 57.0 Å². The average Bonchev–Trinajstić information content (AvgIpc) is 3.18. The Morgan fingerprint density at radius 1 is 1.19 bits per heavy atom. The quantitative estimate of drug-likeness (QED) is 0.610. The lowest BCUT2D eigenvalue weighted by atomic mass is 9.70. The minimum Gasteiger partial charge on any atom is -0.461 e. The summed E-state index contributed by atoms with van der Waals surface area (Å²) in [6.07, 6.45) is 6.32. The largest absolute Gasteiger partial charge is 0.461 e. The van der Waals surface area contributed by atoms with Crippen molar-refractivity contribution in [3.63, 3.8) is 0 Å². The Kier molecular flexibility index (Phi) is 5.39. The summed E-state index contributed by atoms with van der Waals surface area (Å²) in [6, 6.07) is 9.75. The Labute approximate surface area is 157 Å². The van der Waals surface area contributed by atoms with Gasteiger partial charge in [-0.25, -0.2) is 0 Å². The van der Waals surface area contributed by atoms with Crippen LogP contribution in [-0.4, -0.2) is 43.7 Å². The SMILES string of the molecule is CC(C(=O)OC1CC[N+](C)(C)CC1)(c1cccc(C#N)c1)C1CCCC1. The molecule has 1 saturated heterocycles. The van der Waals surface area contributed by atoms with E-state index in [2.05, 4.69) is 20.2 Å². The van der Waals surface area contributed by atoms with E-state index in [1.54, 1.807) is 6.07 Å². The molecule has 4 heteroatoms. The molecule has 140 valence electrons. The smallest absolute Gasteiger partial charge is 0.316 e. The molecule has 0 amide bonds. The Balaban J connectivity index is 1.84. The van der Waals surface area contributed by atoms with Crippen molar-refractivity contribution in [3.05, 3.63) is 35.4 Å². The molecule has 2 fully saturated rings. The maximum absolute atomic E-state index is 13.4. The zero-order chi connectivity index (χ0) is 18.8. The number of quaternary nitrogens is 1. The minimum atomic E-state index is -0.662. The van der Waals surface area contributed by atoms with Crippen LogP contribution in [0.3, 0.4) is 0 Å². The van der Waals surface area contributed by atoms with Gasteiger partial charge in [0, 0.05) is 12.8 Å². The number of hydrogen-bond acceptors (Lipinski definition) is 3. The summed E-state index contributed by atoms with van der Waals surface area (Å²) in [5, 5.41) is 9.27. The van der Waals surface area contributed by atoms with Crippen molar-refractivity contribution in [3.8, 4) is 6.07 Å². The second-order valence-electron chi connectivity index (χ2n) is 8.86. The van der Waals surface area contributed by atoms with E-state index >= 15 is 0 Å². The summed E-state index contributed by atoms with van der Waals surface area (Å²) in [5.74, 6) is 0.191. The van der Waals surface area contributed by atoms with E-state index in [0.29, 0.717) is 11.5 Å². The molecule has 4 nitrogen and oxygen atoms in total. The summed E-state index contributed by atoms with van der Waals surface area (Å²) in [6.45, 7) is 4.12. The van der Waals surface area contributed by atoms with Gasteiger partial charge in [-0.2, -0.15) is 5.26 Å². The highest BCUT2D eigenvalue weighted by molar-refractivity contribution is 5.83. The number of ether oxygens (including phenoxy) is 1. The monoisotopic (exact) mass is 355 g/mol. The standard InChI is InChI=1S/C22H31N2O2/c1-22(18-8-4-5-9-18,19-10-6-7-17(15-19)16-23)21(25)26-20-11-13-24(2,3)14-12-20/h6-7,10,15,18,20H,4-5,8-9,11-14H2,1-3H3/q+1. The third-order valence-electron chi connectivity index (χ3n) is 6.57. The molecule has 1 aliphatic heterocycles. The molecule has 3 rings (SSSR count). The number of hydrogen-bond donors (Lipinski definition) is 0. The van der Waals surface area contributed by atoms with Gasteiger partial charge in [0.25, 0.3) is 0 Å². The van der Waals surface area contributed by atoms with Gasteiger partial charge in [0.2, 0.25) is 0 Å². The van der Waals surface area contributed by atoms with Crippen LogP contribution < -0.4 is 0 Å². The van der Waals surface area contributed by atoms with Crippen molar-refractivity contribution < 1.29 is 14.0 Å². The molecule has 1 aromatic rings. The van der Waals surface area contributed by atoms with Gasteiger partial charge in [0.05, 0.1) is 44.2 Å². The molecule has 1 unspecified atom stereocenters. The molecular weight excluding hydrogens is 324 g/mol. The van der Waals surface area contributed by atoms with E-state index in [1.165, 1.54) is 12.8 Å². The molecular formula is C22H31N2O2+. The van der Waals surface area contributed by atoms with E-state index < -0.39 is 5.41 Å². The number of benzene rings is 1. The average molecular weight is 356 g/mol. The van der Waals surface area contributed by atoms with Crippen molar-refractivity contribution in [2.24, 2.45) is 5.92 Å². The molecule has 1 saturated carbocycles. The highest BCUT2D eigenvalue weighted by Crippen LogP contribution is 2.43. The molecule has 1 heterocycles. The number of carbonyl (C=O) groups excluding carboxylic acids is 1. The summed E-state index contributed by atoms with van der Waals surface area (Å²) in [7, 11) is 4.46. The van der Waals surface area contributed by atoms with Crippen LogP contribution in [-0.2, 0) is 14.9 Å². The van der Waals surface area contributed by atoms with E-state index in [-0.39, 0.29) is 12.1 Å². The van der Waals surface area contributed by atoms with Gasteiger partial charge in [0.1, 0.15) is 6.10 Å². The maximum atomic E-state index is 13.4. The first-order chi connectivity index (χ1) is 12.3. The van der Waals surface area contributed by atoms with Crippen LogP contribution in [0.5, 0.6) is 0 Å². The lowest BCUT2D eigenvalue weighted by Gasteiger charge is -2.39. The van der Waals surface area contributed by atoms with Crippen molar-refractivity contribution in [1.82, 2.24) is 0 Å². The predicted octanol–water partition coefficient (Wildman–Crippen LogP) is 3.79. The Morgan fingerprint density at radius 3 is 2.46 bits per heavy atom. The first-order valence-corrected chi connectivity index (χ1v) is 9.89. The van der Waals surface area contributed by atoms with Gasteiger partial charge in [0.15, 0.2) is 0 Å². The zero-order valence-corrected chi connectivity index (χ0v) is 16.3. The van der Waals surface area contributed by atoms with Gasteiger partial charge in [-0.05, 0) is 43.4 Å². The van der Waals surface area contributed by atoms with Gasteiger partial charge in [-0.3, -0.25) is 4.79 Å². The number of rotatable bonds is 4. The molecule has 1 atom stereocenters. The van der Waals surface area contributed by atoms with Crippen LogP contribution in [0.2, 0.25) is 0 Å². The lowest BCUT2D eigenvalue weighted by molar-refractivity contribution is -0.896. The van der Waals surface area contributed by atoms with E-state index in [9.17, 15) is 10.1 Å². The summed E-state index contributed by atoms with van der Waals surface area (Å²) in [4.78, 5) is 13.4. The topological polar surface area (TPSA) is 50.1 Å². The van der Waals surface area contributed by atoms with Gasteiger partial charge < -0.3 is 9.22 Å². The number of nitrogens with zero attached hydrogens (tertiary/aromatic N) is 2. The molecule has 0 spiro atoms. The number of piperidine rings is 1. The van der Waals surface area contributed by atoms with Gasteiger partial charge in [-0.15, -0.1) is 0 Å². The second-order valence-corrected chi connectivity index (χ2v) is 8.86. The van der Waals surface area contributed by atoms with Gasteiger partial charge >= 0.3 is 5.97 Å². The van der Waals surface area contributed by atoms with Crippen LogP contribution in [0.25, 0.3) is 0 Å². The number of nitriles is 1. The third-order valence-corrected chi connectivity index (χ3v) is 6.57. The highest BCUT2D eigenvalue weighted by Gasteiger charge is 2.46. The molecule has 2 aliphatic rings. The van der Waals surface area contributed by atoms with Crippen LogP contribution >= 0.6 is 0 Å². The van der Waals surface area contributed by atoms with E-state index in [0.717, 1.165) is 48.8 Å². The normalized spacial score (nSPS) is 23.2. The Hall–Kier alpha value is -1.86. The lowest BCUT2D eigenvalue weighted by Crippen LogP contribution is -2.50. The van der Waals surface area contributed by atoms with E-state index in [1.807, 2.05) is 25.1 Å². The van der Waals surface area contributed by atoms with E-state index in [4.69, 9.17) is 4.74 Å². The molecule has 0 bridgehead atoms. The van der Waals surface area contributed by atoms with Crippen molar-refractivity contribution in [1.29, 1.82) is 5.26 Å². The molecule has 26 heavy (non-hydrogen) atoms.